The number of carbonyl (C=O) groups is 1. The van der Waals surface area contributed by atoms with E-state index >= 15 is 0 Å². The molecule has 0 saturated carbocycles. The van der Waals surface area contributed by atoms with Crippen LogP contribution in [-0.2, 0) is 0 Å². The van der Waals surface area contributed by atoms with E-state index in [9.17, 15) is 4.79 Å². The minimum atomic E-state index is 0.0640. The van der Waals surface area contributed by atoms with Crippen molar-refractivity contribution in [2.24, 2.45) is 0 Å². The summed E-state index contributed by atoms with van der Waals surface area (Å²) in [6, 6.07) is 5.39. The van der Waals surface area contributed by atoms with Crippen molar-refractivity contribution in [2.75, 3.05) is 31.1 Å². The first kappa shape index (κ1) is 13.5. The summed E-state index contributed by atoms with van der Waals surface area (Å²) in [4.78, 5) is 29.0. The molecule has 3 heterocycles. The van der Waals surface area contributed by atoms with Gasteiger partial charge < -0.3 is 9.80 Å². The zero-order valence-corrected chi connectivity index (χ0v) is 11.9. The maximum atomic E-state index is 12.4. The van der Waals surface area contributed by atoms with Gasteiger partial charge in [-0.1, -0.05) is 0 Å². The van der Waals surface area contributed by atoms with Crippen molar-refractivity contribution in [3.63, 3.8) is 0 Å². The van der Waals surface area contributed by atoms with Crippen LogP contribution >= 0.6 is 0 Å². The lowest BCUT2D eigenvalue weighted by molar-refractivity contribution is 0.0746. The van der Waals surface area contributed by atoms with Crippen LogP contribution < -0.4 is 4.90 Å². The molecule has 0 aliphatic carbocycles. The molecule has 1 fully saturated rings. The molecule has 1 aliphatic rings. The number of hydrogen-bond acceptors (Lipinski definition) is 5. The van der Waals surface area contributed by atoms with Crippen LogP contribution in [0.5, 0.6) is 0 Å². The van der Waals surface area contributed by atoms with Crippen LogP contribution in [0.2, 0.25) is 0 Å². The first-order chi connectivity index (χ1) is 10.2. The standard InChI is InChI=1S/C15H17N5O/c1-12-11-13(3-6-16-12)14(21)19-7-9-20(10-8-19)15-17-4-2-5-18-15/h2-6,11H,7-10H2,1H3. The summed E-state index contributed by atoms with van der Waals surface area (Å²) in [5, 5.41) is 0. The van der Waals surface area contributed by atoms with Gasteiger partial charge in [-0.3, -0.25) is 9.78 Å². The molecule has 0 spiro atoms. The second kappa shape index (κ2) is 5.87. The average molecular weight is 283 g/mol. The molecule has 2 aromatic heterocycles. The number of rotatable bonds is 2. The number of anilines is 1. The van der Waals surface area contributed by atoms with Crippen LogP contribution in [-0.4, -0.2) is 51.9 Å². The van der Waals surface area contributed by atoms with Gasteiger partial charge in [-0.25, -0.2) is 9.97 Å². The summed E-state index contributed by atoms with van der Waals surface area (Å²) >= 11 is 0. The molecule has 0 radical (unpaired) electrons. The molecule has 108 valence electrons. The van der Waals surface area contributed by atoms with Gasteiger partial charge in [-0.2, -0.15) is 0 Å². The molecular formula is C15H17N5O. The third-order valence-corrected chi connectivity index (χ3v) is 3.55. The average Bonchev–Trinajstić information content (AvgIpc) is 2.55. The first-order valence-corrected chi connectivity index (χ1v) is 6.98. The normalized spacial score (nSPS) is 15.1. The van der Waals surface area contributed by atoms with Crippen LogP contribution in [0.15, 0.2) is 36.8 Å². The highest BCUT2D eigenvalue weighted by molar-refractivity contribution is 5.94. The fourth-order valence-corrected chi connectivity index (χ4v) is 2.43. The van der Waals surface area contributed by atoms with Crippen LogP contribution in [0, 0.1) is 6.92 Å². The summed E-state index contributed by atoms with van der Waals surface area (Å²) in [7, 11) is 0. The van der Waals surface area contributed by atoms with Crippen LogP contribution in [0.4, 0.5) is 5.95 Å². The highest BCUT2D eigenvalue weighted by Crippen LogP contribution is 2.12. The summed E-state index contributed by atoms with van der Waals surface area (Å²) < 4.78 is 0. The fraction of sp³-hybridized carbons (Fsp3) is 0.333. The molecule has 6 nitrogen and oxygen atoms in total. The number of piperazine rings is 1. The number of amides is 1. The van der Waals surface area contributed by atoms with Crippen molar-refractivity contribution in [3.8, 4) is 0 Å². The number of carbonyl (C=O) groups excluding carboxylic acids is 1. The Bertz CT molecular complexity index is 623. The van der Waals surface area contributed by atoms with Gasteiger partial charge >= 0.3 is 0 Å². The third-order valence-electron chi connectivity index (χ3n) is 3.55. The molecule has 6 heteroatoms. The Kier molecular flexibility index (Phi) is 3.77. The number of hydrogen-bond donors (Lipinski definition) is 0. The minimum Gasteiger partial charge on any atom is -0.337 e. The lowest BCUT2D eigenvalue weighted by Gasteiger charge is -2.34. The van der Waals surface area contributed by atoms with Gasteiger partial charge in [0.1, 0.15) is 0 Å². The van der Waals surface area contributed by atoms with E-state index in [1.165, 1.54) is 0 Å². The molecule has 1 amide bonds. The van der Waals surface area contributed by atoms with E-state index in [0.717, 1.165) is 24.7 Å². The topological polar surface area (TPSA) is 62.2 Å². The monoisotopic (exact) mass is 283 g/mol. The van der Waals surface area contributed by atoms with Crippen LogP contribution in [0.25, 0.3) is 0 Å². The lowest BCUT2D eigenvalue weighted by Crippen LogP contribution is -2.49. The Morgan fingerprint density at radius 1 is 1.05 bits per heavy atom. The number of aryl methyl sites for hydroxylation is 1. The predicted molar refractivity (Wildman–Crippen MR) is 79.1 cm³/mol. The van der Waals surface area contributed by atoms with Crippen molar-refractivity contribution in [2.45, 2.75) is 6.92 Å². The molecule has 1 aliphatic heterocycles. The molecular weight excluding hydrogens is 266 g/mol. The van der Waals surface area contributed by atoms with E-state index in [4.69, 9.17) is 0 Å². The second-order valence-electron chi connectivity index (χ2n) is 5.01. The maximum absolute atomic E-state index is 12.4. The van der Waals surface area contributed by atoms with Crippen LogP contribution in [0.1, 0.15) is 16.1 Å². The molecule has 1 saturated heterocycles. The molecule has 0 atom stereocenters. The maximum Gasteiger partial charge on any atom is 0.254 e. The molecule has 0 N–H and O–H groups in total. The highest BCUT2D eigenvalue weighted by atomic mass is 16.2. The number of pyridine rings is 1. The number of aromatic nitrogens is 3. The molecule has 2 aromatic rings. The van der Waals surface area contributed by atoms with Crippen LogP contribution in [0.3, 0.4) is 0 Å². The van der Waals surface area contributed by atoms with E-state index in [2.05, 4.69) is 19.9 Å². The molecule has 0 bridgehead atoms. The number of nitrogens with zero attached hydrogens (tertiary/aromatic N) is 5. The van der Waals surface area contributed by atoms with Gasteiger partial charge in [0.25, 0.3) is 5.91 Å². The molecule has 0 aromatic carbocycles. The Morgan fingerprint density at radius 3 is 2.43 bits per heavy atom. The molecule has 0 unspecified atom stereocenters. The van der Waals surface area contributed by atoms with E-state index in [-0.39, 0.29) is 5.91 Å². The zero-order chi connectivity index (χ0) is 14.7. The smallest absolute Gasteiger partial charge is 0.254 e. The summed E-state index contributed by atoms with van der Waals surface area (Å²) in [6.07, 6.45) is 5.15. The Balaban J connectivity index is 1.64. The highest BCUT2D eigenvalue weighted by Gasteiger charge is 2.23. The van der Waals surface area contributed by atoms with Gasteiger partial charge in [0.15, 0.2) is 0 Å². The lowest BCUT2D eigenvalue weighted by atomic mass is 10.2. The largest absolute Gasteiger partial charge is 0.337 e. The van der Waals surface area contributed by atoms with Crippen molar-refractivity contribution in [3.05, 3.63) is 48.0 Å². The molecule has 21 heavy (non-hydrogen) atoms. The van der Waals surface area contributed by atoms with Gasteiger partial charge in [-0.05, 0) is 25.1 Å². The van der Waals surface area contributed by atoms with E-state index in [0.29, 0.717) is 18.7 Å². The van der Waals surface area contributed by atoms with Crippen molar-refractivity contribution in [1.29, 1.82) is 0 Å². The zero-order valence-electron chi connectivity index (χ0n) is 11.9. The Morgan fingerprint density at radius 2 is 1.76 bits per heavy atom. The quantitative estimate of drug-likeness (QED) is 0.827. The van der Waals surface area contributed by atoms with Gasteiger partial charge in [0.2, 0.25) is 5.95 Å². The van der Waals surface area contributed by atoms with Crippen molar-refractivity contribution in [1.82, 2.24) is 19.9 Å². The van der Waals surface area contributed by atoms with Gasteiger partial charge in [0.05, 0.1) is 0 Å². The van der Waals surface area contributed by atoms with E-state index < -0.39 is 0 Å². The Hall–Kier alpha value is -2.50. The summed E-state index contributed by atoms with van der Waals surface area (Å²) in [5.74, 6) is 0.790. The summed E-state index contributed by atoms with van der Waals surface area (Å²) in [5.41, 5.74) is 1.56. The minimum absolute atomic E-state index is 0.0640. The van der Waals surface area contributed by atoms with E-state index in [1.54, 1.807) is 30.7 Å². The van der Waals surface area contributed by atoms with Crippen molar-refractivity contribution < 1.29 is 4.79 Å². The van der Waals surface area contributed by atoms with E-state index in [1.807, 2.05) is 17.9 Å². The van der Waals surface area contributed by atoms with Gasteiger partial charge in [0, 0.05) is 56.0 Å². The second-order valence-corrected chi connectivity index (χ2v) is 5.01. The third kappa shape index (κ3) is 2.99. The first-order valence-electron chi connectivity index (χ1n) is 6.98. The van der Waals surface area contributed by atoms with Gasteiger partial charge in [-0.15, -0.1) is 0 Å². The fourth-order valence-electron chi connectivity index (χ4n) is 2.43. The SMILES string of the molecule is Cc1cc(C(=O)N2CCN(c3ncccn3)CC2)ccn1. The van der Waals surface area contributed by atoms with Crippen molar-refractivity contribution >= 4 is 11.9 Å². The Labute approximate surface area is 123 Å². The predicted octanol–water partition coefficient (Wildman–Crippen LogP) is 1.14. The molecule has 3 rings (SSSR count). The summed E-state index contributed by atoms with van der Waals surface area (Å²) in [6.45, 7) is 4.75.